The van der Waals surface area contributed by atoms with E-state index >= 15 is 0 Å². The van der Waals surface area contributed by atoms with Crippen LogP contribution in [-0.2, 0) is 9.47 Å². The first kappa shape index (κ1) is 23.1. The van der Waals surface area contributed by atoms with Crippen molar-refractivity contribution in [2.45, 2.75) is 76.0 Å². The highest BCUT2D eigenvalue weighted by atomic mass is 19.4. The fraction of sp³-hybridized carbons (Fsp3) is 0.700. The van der Waals surface area contributed by atoms with Gasteiger partial charge in [0.1, 0.15) is 12.2 Å². The minimum absolute atomic E-state index is 0.0447. The smallest absolute Gasteiger partial charge is 0.425 e. The molecule has 0 bridgehead atoms. The Labute approximate surface area is 178 Å². The van der Waals surface area contributed by atoms with Crippen LogP contribution in [0.2, 0.25) is 0 Å². The maximum absolute atomic E-state index is 12.5. The summed E-state index contributed by atoms with van der Waals surface area (Å²) in [7, 11) is 0. The van der Waals surface area contributed by atoms with Crippen molar-refractivity contribution in [3.63, 3.8) is 0 Å². The Morgan fingerprint density at radius 3 is 2.29 bits per heavy atom. The number of amides is 1. The summed E-state index contributed by atoms with van der Waals surface area (Å²) in [6, 6.07) is 1.96. The van der Waals surface area contributed by atoms with Crippen LogP contribution in [0.25, 0.3) is 0 Å². The fourth-order valence-corrected chi connectivity index (χ4v) is 3.67. The van der Waals surface area contributed by atoms with E-state index in [2.05, 4.69) is 14.7 Å². The van der Waals surface area contributed by atoms with Crippen molar-refractivity contribution in [3.05, 3.63) is 18.1 Å². The standard InChI is InChI=1S/C20H25F3N4O4/c1-13(20(21,22)23)29-19(28)27-10-6-16(7-11-27)30-14-2-4-15(5-3-14)31-18-17(12-24)25-8-9-26-18/h8-9,13-16H,2-7,10-11H2,1H3/t13-,14-,15-/m1/s1. The molecule has 0 unspecified atom stereocenters. The largest absolute Gasteiger partial charge is 0.472 e. The van der Waals surface area contributed by atoms with Crippen LogP contribution in [0, 0.1) is 11.3 Å². The van der Waals surface area contributed by atoms with Gasteiger partial charge in [-0.3, -0.25) is 0 Å². The molecular formula is C20H25F3N4O4. The maximum atomic E-state index is 12.5. The molecule has 170 valence electrons. The van der Waals surface area contributed by atoms with Gasteiger partial charge in [-0.05, 0) is 45.4 Å². The lowest BCUT2D eigenvalue weighted by molar-refractivity contribution is -0.200. The van der Waals surface area contributed by atoms with Crippen molar-refractivity contribution >= 4 is 6.09 Å². The molecule has 2 heterocycles. The molecule has 2 aliphatic rings. The Kier molecular flexibility index (Phi) is 7.54. The van der Waals surface area contributed by atoms with Gasteiger partial charge in [0, 0.05) is 25.5 Å². The topological polar surface area (TPSA) is 97.6 Å². The number of ether oxygens (including phenoxy) is 3. The van der Waals surface area contributed by atoms with Gasteiger partial charge in [-0.15, -0.1) is 0 Å². The molecule has 0 N–H and O–H groups in total. The molecule has 31 heavy (non-hydrogen) atoms. The number of nitrogens with zero attached hydrogens (tertiary/aromatic N) is 4. The van der Waals surface area contributed by atoms with Gasteiger partial charge >= 0.3 is 12.3 Å². The van der Waals surface area contributed by atoms with E-state index in [1.165, 1.54) is 17.3 Å². The Balaban J connectivity index is 1.37. The number of hydrogen-bond acceptors (Lipinski definition) is 7. The predicted molar refractivity (Wildman–Crippen MR) is 101 cm³/mol. The third-order valence-electron chi connectivity index (χ3n) is 5.49. The van der Waals surface area contributed by atoms with Gasteiger partial charge in [0.15, 0.2) is 6.10 Å². The predicted octanol–water partition coefficient (Wildman–Crippen LogP) is 3.61. The van der Waals surface area contributed by atoms with E-state index in [9.17, 15) is 18.0 Å². The Hall–Kier alpha value is -2.61. The van der Waals surface area contributed by atoms with Gasteiger partial charge in [0.25, 0.3) is 5.88 Å². The van der Waals surface area contributed by atoms with Crippen LogP contribution in [0.1, 0.15) is 51.1 Å². The van der Waals surface area contributed by atoms with E-state index in [-0.39, 0.29) is 29.9 Å². The van der Waals surface area contributed by atoms with Crippen LogP contribution in [0.3, 0.4) is 0 Å². The molecule has 1 aromatic heterocycles. The van der Waals surface area contributed by atoms with Crippen LogP contribution in [-0.4, -0.2) is 64.6 Å². The molecule has 1 aliphatic carbocycles. The molecule has 1 atom stereocenters. The molecule has 1 saturated carbocycles. The van der Waals surface area contributed by atoms with Crippen molar-refractivity contribution in [3.8, 4) is 11.9 Å². The van der Waals surface area contributed by atoms with E-state index < -0.39 is 18.4 Å². The molecule has 0 aromatic carbocycles. The lowest BCUT2D eigenvalue weighted by atomic mass is 9.94. The number of rotatable bonds is 5. The van der Waals surface area contributed by atoms with Gasteiger partial charge in [0.05, 0.1) is 12.2 Å². The summed E-state index contributed by atoms with van der Waals surface area (Å²) in [5.41, 5.74) is 0.163. The number of nitriles is 1. The fourth-order valence-electron chi connectivity index (χ4n) is 3.67. The second-order valence-electron chi connectivity index (χ2n) is 7.73. The third-order valence-corrected chi connectivity index (χ3v) is 5.49. The highest BCUT2D eigenvalue weighted by Gasteiger charge is 2.40. The van der Waals surface area contributed by atoms with Gasteiger partial charge in [-0.1, -0.05) is 0 Å². The first-order chi connectivity index (χ1) is 14.8. The number of carbonyl (C=O) groups excluding carboxylic acids is 1. The average Bonchev–Trinajstić information content (AvgIpc) is 2.75. The molecule has 1 aromatic rings. The number of hydrogen-bond donors (Lipinski definition) is 0. The van der Waals surface area contributed by atoms with Crippen molar-refractivity contribution < 1.29 is 32.2 Å². The summed E-state index contributed by atoms with van der Waals surface area (Å²) >= 11 is 0. The van der Waals surface area contributed by atoms with E-state index in [4.69, 9.17) is 14.7 Å². The van der Waals surface area contributed by atoms with E-state index in [1.807, 2.05) is 6.07 Å². The molecular weight excluding hydrogens is 417 g/mol. The van der Waals surface area contributed by atoms with Crippen molar-refractivity contribution in [1.29, 1.82) is 5.26 Å². The molecule has 1 saturated heterocycles. The zero-order valence-corrected chi connectivity index (χ0v) is 17.2. The van der Waals surface area contributed by atoms with Gasteiger partial charge < -0.3 is 19.1 Å². The first-order valence-corrected chi connectivity index (χ1v) is 10.3. The van der Waals surface area contributed by atoms with Crippen LogP contribution in [0.4, 0.5) is 18.0 Å². The van der Waals surface area contributed by atoms with Crippen LogP contribution < -0.4 is 4.74 Å². The van der Waals surface area contributed by atoms with Crippen LogP contribution in [0.15, 0.2) is 12.4 Å². The summed E-state index contributed by atoms with van der Waals surface area (Å²) in [4.78, 5) is 21.2. The minimum atomic E-state index is -4.57. The minimum Gasteiger partial charge on any atom is -0.472 e. The zero-order chi connectivity index (χ0) is 22.4. The van der Waals surface area contributed by atoms with E-state index in [0.717, 1.165) is 32.6 Å². The Morgan fingerprint density at radius 1 is 1.10 bits per heavy atom. The van der Waals surface area contributed by atoms with Crippen molar-refractivity contribution in [1.82, 2.24) is 14.9 Å². The van der Waals surface area contributed by atoms with Crippen LogP contribution >= 0.6 is 0 Å². The highest BCUT2D eigenvalue weighted by molar-refractivity contribution is 5.68. The molecule has 3 rings (SSSR count). The molecule has 0 radical (unpaired) electrons. The van der Waals surface area contributed by atoms with Crippen molar-refractivity contribution in [2.75, 3.05) is 13.1 Å². The van der Waals surface area contributed by atoms with Gasteiger partial charge in [-0.2, -0.15) is 18.4 Å². The van der Waals surface area contributed by atoms with Gasteiger partial charge in [-0.25, -0.2) is 14.8 Å². The number of piperidine rings is 1. The molecule has 1 amide bonds. The molecule has 0 spiro atoms. The first-order valence-electron chi connectivity index (χ1n) is 10.3. The summed E-state index contributed by atoms with van der Waals surface area (Å²) in [6.07, 6.45) is -0.556. The SMILES string of the molecule is C[C@@H](OC(=O)N1CCC(O[C@H]2CC[C@H](Oc3nccnc3C#N)CC2)CC1)C(F)(F)F. The monoisotopic (exact) mass is 442 g/mol. The Bertz CT molecular complexity index is 785. The molecule has 8 nitrogen and oxygen atoms in total. The number of aromatic nitrogens is 2. The molecule has 1 aliphatic heterocycles. The Morgan fingerprint density at radius 2 is 1.68 bits per heavy atom. The van der Waals surface area contributed by atoms with Gasteiger partial charge in [0.2, 0.25) is 5.69 Å². The number of alkyl halides is 3. The lowest BCUT2D eigenvalue weighted by Gasteiger charge is -2.36. The van der Waals surface area contributed by atoms with E-state index in [1.54, 1.807) is 0 Å². The van der Waals surface area contributed by atoms with Crippen LogP contribution in [0.5, 0.6) is 5.88 Å². The lowest BCUT2D eigenvalue weighted by Crippen LogP contribution is -2.44. The second kappa shape index (κ2) is 10.1. The molecule has 11 heteroatoms. The highest BCUT2D eigenvalue weighted by Crippen LogP contribution is 2.28. The van der Waals surface area contributed by atoms with E-state index in [0.29, 0.717) is 25.9 Å². The number of halogens is 3. The quantitative estimate of drug-likeness (QED) is 0.687. The second-order valence-corrected chi connectivity index (χ2v) is 7.73. The number of carbonyl (C=O) groups is 1. The van der Waals surface area contributed by atoms with Crippen molar-refractivity contribution in [2.24, 2.45) is 0 Å². The summed E-state index contributed by atoms with van der Waals surface area (Å²) in [5, 5.41) is 9.07. The zero-order valence-electron chi connectivity index (χ0n) is 17.2. The number of likely N-dealkylation sites (tertiary alicyclic amines) is 1. The summed E-state index contributed by atoms with van der Waals surface area (Å²) in [6.45, 7) is 1.42. The molecule has 2 fully saturated rings. The normalized spacial score (nSPS) is 23.6. The maximum Gasteiger partial charge on any atom is 0.425 e. The summed E-state index contributed by atoms with van der Waals surface area (Å²) < 4.78 is 54.1. The summed E-state index contributed by atoms with van der Waals surface area (Å²) in [5.74, 6) is 0.244. The average molecular weight is 442 g/mol. The third kappa shape index (κ3) is 6.43.